The molecule has 0 aromatic rings. The van der Waals surface area contributed by atoms with Crippen molar-refractivity contribution in [2.75, 3.05) is 6.54 Å². The molecular weight excluding hydrogens is 212 g/mol. The summed E-state index contributed by atoms with van der Waals surface area (Å²) in [5.41, 5.74) is 5.14. The maximum Gasteiger partial charge on any atom is 0.230 e. The summed E-state index contributed by atoms with van der Waals surface area (Å²) in [6, 6.07) is 0.341. The number of carbonyl (C=O) groups is 1. The van der Waals surface area contributed by atoms with E-state index in [-0.39, 0.29) is 5.91 Å². The van der Waals surface area contributed by atoms with Crippen LogP contribution in [0.2, 0.25) is 0 Å². The number of amides is 1. The highest BCUT2D eigenvalue weighted by molar-refractivity contribution is 5.83. The van der Waals surface area contributed by atoms with E-state index in [9.17, 15) is 4.79 Å². The lowest BCUT2D eigenvalue weighted by atomic mass is 9.73. The Morgan fingerprint density at radius 2 is 1.76 bits per heavy atom. The minimum absolute atomic E-state index is 0.199. The molecule has 0 spiro atoms. The molecule has 0 aromatic carbocycles. The van der Waals surface area contributed by atoms with Gasteiger partial charge in [-0.3, -0.25) is 4.79 Å². The summed E-state index contributed by atoms with van der Waals surface area (Å²) in [6.07, 6.45) is 2.21. The molecule has 2 atom stereocenters. The topological polar surface area (TPSA) is 46.3 Å². The molecule has 1 saturated heterocycles. The molecule has 2 unspecified atom stereocenters. The monoisotopic (exact) mass is 240 g/mol. The molecular formula is C14H28N2O. The number of rotatable bonds is 2. The number of nitrogens with zero attached hydrogens (tertiary/aromatic N) is 1. The second-order valence-electron chi connectivity index (χ2n) is 6.82. The summed E-state index contributed by atoms with van der Waals surface area (Å²) in [7, 11) is 0. The minimum atomic E-state index is -0.512. The molecule has 1 amide bonds. The van der Waals surface area contributed by atoms with E-state index in [4.69, 9.17) is 5.73 Å². The molecule has 3 heteroatoms. The van der Waals surface area contributed by atoms with Gasteiger partial charge in [0.2, 0.25) is 5.91 Å². The van der Waals surface area contributed by atoms with Gasteiger partial charge in [0.15, 0.2) is 0 Å². The maximum absolute atomic E-state index is 12.6. The van der Waals surface area contributed by atoms with E-state index in [1.165, 1.54) is 0 Å². The molecule has 1 aliphatic heterocycles. The first kappa shape index (κ1) is 14.5. The lowest BCUT2D eigenvalue weighted by Crippen LogP contribution is -2.59. The first-order valence-electron chi connectivity index (χ1n) is 6.67. The van der Waals surface area contributed by atoms with E-state index < -0.39 is 11.0 Å². The van der Waals surface area contributed by atoms with E-state index >= 15 is 0 Å². The van der Waals surface area contributed by atoms with Crippen LogP contribution < -0.4 is 5.73 Å². The fourth-order valence-electron chi connectivity index (χ4n) is 2.34. The van der Waals surface area contributed by atoms with Crippen LogP contribution >= 0.6 is 0 Å². The highest BCUT2D eigenvalue weighted by atomic mass is 16.2. The van der Waals surface area contributed by atoms with Crippen molar-refractivity contribution in [2.45, 2.75) is 66.0 Å². The fraction of sp³-hybridized carbons (Fsp3) is 0.929. The standard InChI is InChI=1S/C14H28N2O/c1-10-7-8-16(11(2)9-10)12(17)13(3,4)14(5,6)15/h10-11H,7-9,15H2,1-6H3. The first-order chi connectivity index (χ1) is 7.57. The van der Waals surface area contributed by atoms with Crippen LogP contribution in [0, 0.1) is 11.3 Å². The van der Waals surface area contributed by atoms with Gasteiger partial charge in [-0.15, -0.1) is 0 Å². The van der Waals surface area contributed by atoms with Crippen LogP contribution in [0.5, 0.6) is 0 Å². The average Bonchev–Trinajstić information content (AvgIpc) is 2.14. The quantitative estimate of drug-likeness (QED) is 0.805. The Balaban J connectivity index is 2.83. The van der Waals surface area contributed by atoms with E-state index in [1.807, 2.05) is 32.6 Å². The number of hydrogen-bond acceptors (Lipinski definition) is 2. The molecule has 0 bridgehead atoms. The van der Waals surface area contributed by atoms with E-state index in [2.05, 4.69) is 13.8 Å². The van der Waals surface area contributed by atoms with Gasteiger partial charge < -0.3 is 10.6 Å². The second-order valence-corrected chi connectivity index (χ2v) is 6.82. The molecule has 17 heavy (non-hydrogen) atoms. The van der Waals surface area contributed by atoms with Crippen molar-refractivity contribution in [1.29, 1.82) is 0 Å². The zero-order valence-corrected chi connectivity index (χ0v) is 12.2. The van der Waals surface area contributed by atoms with Gasteiger partial charge in [-0.1, -0.05) is 6.92 Å². The molecule has 1 rings (SSSR count). The van der Waals surface area contributed by atoms with Crippen molar-refractivity contribution in [3.8, 4) is 0 Å². The van der Waals surface area contributed by atoms with E-state index in [1.54, 1.807) is 0 Å². The van der Waals surface area contributed by atoms with Gasteiger partial charge in [0.25, 0.3) is 0 Å². The molecule has 3 nitrogen and oxygen atoms in total. The van der Waals surface area contributed by atoms with Crippen molar-refractivity contribution < 1.29 is 4.79 Å². The molecule has 0 aromatic heterocycles. The smallest absolute Gasteiger partial charge is 0.230 e. The third kappa shape index (κ3) is 2.82. The molecule has 1 aliphatic rings. The highest BCUT2D eigenvalue weighted by Crippen LogP contribution is 2.33. The Kier molecular flexibility index (Phi) is 3.92. The third-order valence-corrected chi connectivity index (χ3v) is 4.54. The summed E-state index contributed by atoms with van der Waals surface area (Å²) in [6.45, 7) is 13.1. The van der Waals surface area contributed by atoms with Gasteiger partial charge in [0.05, 0.1) is 5.41 Å². The number of piperidine rings is 1. The molecule has 0 aliphatic carbocycles. The summed E-state index contributed by atoms with van der Waals surface area (Å²) in [5.74, 6) is 0.924. The van der Waals surface area contributed by atoms with Gasteiger partial charge in [-0.2, -0.15) is 0 Å². The molecule has 1 heterocycles. The van der Waals surface area contributed by atoms with Gasteiger partial charge in [-0.05, 0) is 53.4 Å². The zero-order valence-electron chi connectivity index (χ0n) is 12.2. The van der Waals surface area contributed by atoms with Gasteiger partial charge >= 0.3 is 0 Å². The fourth-order valence-corrected chi connectivity index (χ4v) is 2.34. The summed E-state index contributed by atoms with van der Waals surface area (Å²) >= 11 is 0. The Bertz CT molecular complexity index is 291. The second kappa shape index (κ2) is 4.60. The van der Waals surface area contributed by atoms with Crippen LogP contribution in [-0.4, -0.2) is 28.9 Å². The lowest BCUT2D eigenvalue weighted by molar-refractivity contribution is -0.147. The number of hydrogen-bond donors (Lipinski definition) is 1. The van der Waals surface area contributed by atoms with Crippen LogP contribution in [0.4, 0.5) is 0 Å². The van der Waals surface area contributed by atoms with Gasteiger partial charge in [-0.25, -0.2) is 0 Å². The van der Waals surface area contributed by atoms with Crippen LogP contribution in [0.1, 0.15) is 54.4 Å². The predicted molar refractivity (Wildman–Crippen MR) is 71.6 cm³/mol. The normalized spacial score (nSPS) is 27.1. The Hall–Kier alpha value is -0.570. The first-order valence-corrected chi connectivity index (χ1v) is 6.67. The molecule has 1 fully saturated rings. The SMILES string of the molecule is CC1CCN(C(=O)C(C)(C)C(C)(C)N)C(C)C1. The van der Waals surface area contributed by atoms with Crippen molar-refractivity contribution in [3.63, 3.8) is 0 Å². The Morgan fingerprint density at radius 3 is 2.18 bits per heavy atom. The zero-order chi connectivity index (χ0) is 13.4. The molecule has 0 saturated carbocycles. The van der Waals surface area contributed by atoms with Crippen molar-refractivity contribution in [2.24, 2.45) is 17.1 Å². The summed E-state index contributed by atoms with van der Waals surface area (Å²) in [4.78, 5) is 14.7. The van der Waals surface area contributed by atoms with Crippen LogP contribution in [0.25, 0.3) is 0 Å². The molecule has 100 valence electrons. The summed E-state index contributed by atoms with van der Waals surface area (Å²) in [5, 5.41) is 0. The van der Waals surface area contributed by atoms with E-state index in [0.29, 0.717) is 6.04 Å². The minimum Gasteiger partial charge on any atom is -0.339 e. The predicted octanol–water partition coefficient (Wildman–Crippen LogP) is 2.40. The van der Waals surface area contributed by atoms with Crippen LogP contribution in [-0.2, 0) is 4.79 Å². The molecule has 2 N–H and O–H groups in total. The lowest BCUT2D eigenvalue weighted by Gasteiger charge is -2.45. The highest BCUT2D eigenvalue weighted by Gasteiger charge is 2.44. The molecule has 0 radical (unpaired) electrons. The number of carbonyl (C=O) groups excluding carboxylic acids is 1. The average molecular weight is 240 g/mol. The van der Waals surface area contributed by atoms with E-state index in [0.717, 1.165) is 25.3 Å². The Labute approximate surface area is 106 Å². The van der Waals surface area contributed by atoms with Crippen molar-refractivity contribution >= 4 is 5.91 Å². The van der Waals surface area contributed by atoms with Gasteiger partial charge in [0.1, 0.15) is 0 Å². The maximum atomic E-state index is 12.6. The van der Waals surface area contributed by atoms with Crippen LogP contribution in [0.15, 0.2) is 0 Å². The number of nitrogens with two attached hydrogens (primary N) is 1. The third-order valence-electron chi connectivity index (χ3n) is 4.54. The number of likely N-dealkylation sites (tertiary alicyclic amines) is 1. The van der Waals surface area contributed by atoms with Gasteiger partial charge in [0, 0.05) is 18.1 Å². The Morgan fingerprint density at radius 1 is 1.24 bits per heavy atom. The van der Waals surface area contributed by atoms with Crippen LogP contribution in [0.3, 0.4) is 0 Å². The largest absolute Gasteiger partial charge is 0.339 e. The summed E-state index contributed by atoms with van der Waals surface area (Å²) < 4.78 is 0. The van der Waals surface area contributed by atoms with Crippen molar-refractivity contribution in [3.05, 3.63) is 0 Å². The van der Waals surface area contributed by atoms with Crippen molar-refractivity contribution in [1.82, 2.24) is 4.90 Å².